The van der Waals surface area contributed by atoms with E-state index in [9.17, 15) is 22.3 Å². The zero-order chi connectivity index (χ0) is 14.1. The first-order valence-corrected chi connectivity index (χ1v) is 6.72. The number of aromatic hydroxyl groups is 1. The predicted molar refractivity (Wildman–Crippen MR) is 65.4 cm³/mol. The van der Waals surface area contributed by atoms with Gasteiger partial charge in [-0.3, -0.25) is 4.72 Å². The predicted octanol–water partition coefficient (Wildman–Crippen LogP) is 2.65. The van der Waals surface area contributed by atoms with Gasteiger partial charge in [0, 0.05) is 0 Å². The molecule has 0 aliphatic carbocycles. The second kappa shape index (κ2) is 4.72. The minimum Gasteiger partial charge on any atom is -0.506 e. The summed E-state index contributed by atoms with van der Waals surface area (Å²) in [5, 5.41) is 9.47. The van der Waals surface area contributed by atoms with Crippen molar-refractivity contribution in [3.8, 4) is 5.75 Å². The molecule has 4 nitrogen and oxygen atoms in total. The van der Waals surface area contributed by atoms with Crippen molar-refractivity contribution < 1.29 is 22.3 Å². The Hall–Kier alpha value is -1.37. The van der Waals surface area contributed by atoms with Crippen LogP contribution in [0.4, 0.5) is 14.5 Å². The molecule has 0 saturated heterocycles. The zero-order valence-corrected chi connectivity index (χ0v) is 11.1. The van der Waals surface area contributed by atoms with Gasteiger partial charge in [-0.2, -0.15) is 8.78 Å². The standard InChI is InChI=1S/C11H15F2NO3S/c1-11(2,3)7-4-5-9(15)8(6-7)14-18(16,17)10(12)13/h4-6,10,14-15H,1-3H3. The van der Waals surface area contributed by atoms with E-state index in [1.54, 1.807) is 10.8 Å². The van der Waals surface area contributed by atoms with Crippen molar-refractivity contribution >= 4 is 15.7 Å². The zero-order valence-electron chi connectivity index (χ0n) is 10.2. The Labute approximate surface area is 105 Å². The number of rotatable bonds is 3. The molecule has 102 valence electrons. The number of anilines is 1. The molecule has 0 aromatic heterocycles. The molecule has 1 aromatic rings. The van der Waals surface area contributed by atoms with Crippen molar-refractivity contribution in [1.82, 2.24) is 0 Å². The molecule has 0 spiro atoms. The van der Waals surface area contributed by atoms with Crippen LogP contribution in [0.5, 0.6) is 5.75 Å². The molecule has 1 aromatic carbocycles. The number of nitrogens with one attached hydrogen (secondary N) is 1. The number of halogens is 2. The van der Waals surface area contributed by atoms with E-state index in [1.807, 2.05) is 20.8 Å². The molecule has 1 rings (SSSR count). The smallest absolute Gasteiger partial charge is 0.355 e. The Kier molecular flexibility index (Phi) is 3.85. The summed E-state index contributed by atoms with van der Waals surface area (Å²) in [4.78, 5) is 0. The Morgan fingerprint density at radius 3 is 2.28 bits per heavy atom. The van der Waals surface area contributed by atoms with Gasteiger partial charge in [-0.15, -0.1) is 0 Å². The van der Waals surface area contributed by atoms with E-state index in [0.29, 0.717) is 5.56 Å². The number of sulfonamides is 1. The quantitative estimate of drug-likeness (QED) is 0.836. The van der Waals surface area contributed by atoms with E-state index in [0.717, 1.165) is 0 Å². The van der Waals surface area contributed by atoms with Crippen molar-refractivity contribution in [3.05, 3.63) is 23.8 Å². The van der Waals surface area contributed by atoms with Gasteiger partial charge < -0.3 is 5.11 Å². The fraction of sp³-hybridized carbons (Fsp3) is 0.455. The molecule has 0 saturated carbocycles. The Bertz CT molecular complexity index is 536. The van der Waals surface area contributed by atoms with E-state index < -0.39 is 21.5 Å². The van der Waals surface area contributed by atoms with Gasteiger partial charge in [0.2, 0.25) is 0 Å². The van der Waals surface area contributed by atoms with Gasteiger partial charge in [-0.1, -0.05) is 26.8 Å². The largest absolute Gasteiger partial charge is 0.506 e. The van der Waals surface area contributed by atoms with Crippen LogP contribution in [0, 0.1) is 0 Å². The van der Waals surface area contributed by atoms with E-state index in [4.69, 9.17) is 0 Å². The number of phenols is 1. The van der Waals surface area contributed by atoms with Crippen LogP contribution in [-0.4, -0.2) is 19.3 Å². The van der Waals surface area contributed by atoms with Gasteiger partial charge in [0.25, 0.3) is 10.0 Å². The van der Waals surface area contributed by atoms with Gasteiger partial charge in [0.05, 0.1) is 5.69 Å². The van der Waals surface area contributed by atoms with E-state index >= 15 is 0 Å². The van der Waals surface area contributed by atoms with E-state index in [2.05, 4.69) is 0 Å². The highest BCUT2D eigenvalue weighted by molar-refractivity contribution is 7.93. The lowest BCUT2D eigenvalue weighted by Crippen LogP contribution is -2.21. The van der Waals surface area contributed by atoms with Crippen LogP contribution in [0.2, 0.25) is 0 Å². The van der Waals surface area contributed by atoms with Gasteiger partial charge in [-0.05, 0) is 23.1 Å². The summed E-state index contributed by atoms with van der Waals surface area (Å²) in [6.07, 6.45) is 0. The third-order valence-electron chi connectivity index (χ3n) is 2.35. The number of hydrogen-bond donors (Lipinski definition) is 2. The van der Waals surface area contributed by atoms with Crippen molar-refractivity contribution in [2.24, 2.45) is 0 Å². The molecule has 0 amide bonds. The highest BCUT2D eigenvalue weighted by Gasteiger charge is 2.25. The average molecular weight is 279 g/mol. The summed E-state index contributed by atoms with van der Waals surface area (Å²) >= 11 is 0. The van der Waals surface area contributed by atoms with Gasteiger partial charge in [-0.25, -0.2) is 8.42 Å². The summed E-state index contributed by atoms with van der Waals surface area (Å²) in [5.41, 5.74) is 0.175. The van der Waals surface area contributed by atoms with Crippen molar-refractivity contribution in [2.45, 2.75) is 31.9 Å². The minimum atomic E-state index is -4.78. The molecule has 0 heterocycles. The first-order chi connectivity index (χ1) is 8.04. The van der Waals surface area contributed by atoms with Crippen LogP contribution >= 0.6 is 0 Å². The molecule has 0 radical (unpaired) electrons. The number of phenolic OH excluding ortho intramolecular Hbond substituents is 1. The molecular weight excluding hydrogens is 264 g/mol. The molecule has 0 aliphatic heterocycles. The maximum atomic E-state index is 12.2. The lowest BCUT2D eigenvalue weighted by atomic mass is 9.87. The number of benzene rings is 1. The van der Waals surface area contributed by atoms with Crippen LogP contribution in [0.1, 0.15) is 26.3 Å². The lowest BCUT2D eigenvalue weighted by Gasteiger charge is -2.20. The molecule has 0 bridgehead atoms. The van der Waals surface area contributed by atoms with Crippen molar-refractivity contribution in [2.75, 3.05) is 4.72 Å². The molecule has 0 atom stereocenters. The second-order valence-corrected chi connectivity index (χ2v) is 6.54. The molecule has 2 N–H and O–H groups in total. The fourth-order valence-electron chi connectivity index (χ4n) is 1.28. The summed E-state index contributed by atoms with van der Waals surface area (Å²) in [5.74, 6) is -3.94. The molecule has 0 unspecified atom stereocenters. The van der Waals surface area contributed by atoms with Gasteiger partial charge in [0.1, 0.15) is 5.75 Å². The third-order valence-corrected chi connectivity index (χ3v) is 3.32. The minimum absolute atomic E-state index is 0.247. The fourth-order valence-corrected chi connectivity index (χ4v) is 1.84. The normalized spacial score (nSPS) is 12.8. The first-order valence-electron chi connectivity index (χ1n) is 5.17. The second-order valence-electron chi connectivity index (χ2n) is 4.89. The maximum Gasteiger partial charge on any atom is 0.355 e. The SMILES string of the molecule is CC(C)(C)c1ccc(O)c(NS(=O)(=O)C(F)F)c1. The summed E-state index contributed by atoms with van der Waals surface area (Å²) in [7, 11) is -4.78. The van der Waals surface area contributed by atoms with Crippen LogP contribution < -0.4 is 4.72 Å². The van der Waals surface area contributed by atoms with Crippen molar-refractivity contribution in [1.29, 1.82) is 0 Å². The molecule has 0 aliphatic rings. The first kappa shape index (κ1) is 14.7. The van der Waals surface area contributed by atoms with Gasteiger partial charge >= 0.3 is 5.76 Å². The van der Waals surface area contributed by atoms with Crippen LogP contribution in [0.3, 0.4) is 0 Å². The summed E-state index contributed by atoms with van der Waals surface area (Å²) in [6, 6.07) is 4.22. The summed E-state index contributed by atoms with van der Waals surface area (Å²) in [6.45, 7) is 5.64. The number of alkyl halides is 2. The van der Waals surface area contributed by atoms with Crippen LogP contribution in [0.25, 0.3) is 0 Å². The van der Waals surface area contributed by atoms with E-state index in [-0.39, 0.29) is 11.1 Å². The molecule has 7 heteroatoms. The molecular formula is C11H15F2NO3S. The molecule has 18 heavy (non-hydrogen) atoms. The monoisotopic (exact) mass is 279 g/mol. The molecule has 0 fully saturated rings. The number of hydrogen-bond acceptors (Lipinski definition) is 3. The van der Waals surface area contributed by atoms with Gasteiger partial charge in [0.15, 0.2) is 0 Å². The lowest BCUT2D eigenvalue weighted by molar-refractivity contribution is 0.236. The average Bonchev–Trinajstić information content (AvgIpc) is 2.19. The summed E-state index contributed by atoms with van der Waals surface area (Å²) < 4.78 is 48.2. The topological polar surface area (TPSA) is 66.4 Å². The van der Waals surface area contributed by atoms with Crippen LogP contribution in [-0.2, 0) is 15.4 Å². The van der Waals surface area contributed by atoms with E-state index in [1.165, 1.54) is 12.1 Å². The Morgan fingerprint density at radius 1 is 1.28 bits per heavy atom. The van der Waals surface area contributed by atoms with Crippen molar-refractivity contribution in [3.63, 3.8) is 0 Å². The highest BCUT2D eigenvalue weighted by Crippen LogP contribution is 2.31. The Morgan fingerprint density at radius 2 is 1.83 bits per heavy atom. The Balaban J connectivity index is 3.18. The van der Waals surface area contributed by atoms with Crippen LogP contribution in [0.15, 0.2) is 18.2 Å². The third kappa shape index (κ3) is 3.32. The maximum absolute atomic E-state index is 12.2. The highest BCUT2D eigenvalue weighted by atomic mass is 32.2.